The van der Waals surface area contributed by atoms with Crippen molar-refractivity contribution in [2.45, 2.75) is 26.8 Å². The van der Waals surface area contributed by atoms with E-state index in [0.29, 0.717) is 16.2 Å². The highest BCUT2D eigenvalue weighted by Crippen LogP contribution is 2.30. The Morgan fingerprint density at radius 2 is 2.04 bits per heavy atom. The molecule has 1 amide bonds. The molecule has 7 heteroatoms. The number of thiazole rings is 1. The summed E-state index contributed by atoms with van der Waals surface area (Å²) in [4.78, 5) is 29.4. The summed E-state index contributed by atoms with van der Waals surface area (Å²) >= 11 is 1.42. The quantitative estimate of drug-likeness (QED) is 0.593. The van der Waals surface area contributed by atoms with Crippen molar-refractivity contribution in [3.8, 4) is 0 Å². The molecule has 0 fully saturated rings. The smallest absolute Gasteiger partial charge is 0.408 e. The molecule has 2 heterocycles. The molecule has 0 saturated carbocycles. The SMILES string of the molecule is Cc1cc(C)c2nc(NC(=O)C(C)n3c(=O)oc4ccccc43)sc2c1. The van der Waals surface area contributed by atoms with Crippen molar-refractivity contribution in [3.63, 3.8) is 0 Å². The van der Waals surface area contributed by atoms with Crippen molar-refractivity contribution < 1.29 is 9.21 Å². The minimum absolute atomic E-state index is 0.313. The van der Waals surface area contributed by atoms with Crippen LogP contribution in [0.25, 0.3) is 21.3 Å². The van der Waals surface area contributed by atoms with E-state index in [1.807, 2.05) is 19.9 Å². The maximum atomic E-state index is 12.7. The first-order chi connectivity index (χ1) is 12.4. The zero-order valence-corrected chi connectivity index (χ0v) is 15.4. The fourth-order valence-corrected chi connectivity index (χ4v) is 4.15. The number of para-hydroxylation sites is 2. The van der Waals surface area contributed by atoms with Gasteiger partial charge in [0, 0.05) is 0 Å². The molecular weight excluding hydrogens is 350 g/mol. The number of anilines is 1. The molecule has 26 heavy (non-hydrogen) atoms. The van der Waals surface area contributed by atoms with E-state index in [-0.39, 0.29) is 5.91 Å². The monoisotopic (exact) mass is 367 g/mol. The summed E-state index contributed by atoms with van der Waals surface area (Å²) in [6.07, 6.45) is 0. The van der Waals surface area contributed by atoms with Crippen LogP contribution in [0.5, 0.6) is 0 Å². The first-order valence-electron chi connectivity index (χ1n) is 8.23. The predicted molar refractivity (Wildman–Crippen MR) is 103 cm³/mol. The number of rotatable bonds is 3. The van der Waals surface area contributed by atoms with E-state index in [4.69, 9.17) is 4.42 Å². The molecule has 0 aliphatic carbocycles. The molecule has 0 aliphatic heterocycles. The Hall–Kier alpha value is -2.93. The number of aromatic nitrogens is 2. The number of carbonyl (C=O) groups excluding carboxylic acids is 1. The van der Waals surface area contributed by atoms with E-state index >= 15 is 0 Å². The summed E-state index contributed by atoms with van der Waals surface area (Å²) in [6.45, 7) is 5.70. The van der Waals surface area contributed by atoms with Crippen molar-refractivity contribution in [2.75, 3.05) is 5.32 Å². The van der Waals surface area contributed by atoms with E-state index in [1.165, 1.54) is 15.9 Å². The van der Waals surface area contributed by atoms with Gasteiger partial charge in [-0.1, -0.05) is 29.5 Å². The van der Waals surface area contributed by atoms with Gasteiger partial charge in [0.15, 0.2) is 10.7 Å². The minimum Gasteiger partial charge on any atom is -0.408 e. The molecular formula is C19H17N3O3S. The lowest BCUT2D eigenvalue weighted by Gasteiger charge is -2.11. The standard InChI is InChI=1S/C19H17N3O3S/c1-10-8-11(2)16-15(9-10)26-18(20-16)21-17(23)12(3)22-13-6-4-5-7-14(13)25-19(22)24/h4-9,12H,1-3H3,(H,20,21,23). The van der Waals surface area contributed by atoms with Gasteiger partial charge in [-0.25, -0.2) is 9.78 Å². The van der Waals surface area contributed by atoms with Gasteiger partial charge in [0.25, 0.3) is 0 Å². The van der Waals surface area contributed by atoms with Crippen LogP contribution >= 0.6 is 11.3 Å². The Balaban J connectivity index is 1.66. The minimum atomic E-state index is -0.721. The summed E-state index contributed by atoms with van der Waals surface area (Å²) in [6, 6.07) is 10.4. The van der Waals surface area contributed by atoms with Crippen molar-refractivity contribution in [3.05, 3.63) is 58.1 Å². The third kappa shape index (κ3) is 2.70. The lowest BCUT2D eigenvalue weighted by atomic mass is 10.1. The van der Waals surface area contributed by atoms with Gasteiger partial charge < -0.3 is 9.73 Å². The van der Waals surface area contributed by atoms with Crippen molar-refractivity contribution in [1.29, 1.82) is 0 Å². The highest BCUT2D eigenvalue weighted by atomic mass is 32.1. The molecule has 0 spiro atoms. The van der Waals surface area contributed by atoms with Crippen LogP contribution in [0, 0.1) is 13.8 Å². The number of oxazole rings is 1. The van der Waals surface area contributed by atoms with Gasteiger partial charge in [0.1, 0.15) is 6.04 Å². The predicted octanol–water partition coefficient (Wildman–Crippen LogP) is 4.02. The summed E-state index contributed by atoms with van der Waals surface area (Å²) in [7, 11) is 0. The molecule has 4 aromatic rings. The average molecular weight is 367 g/mol. The summed E-state index contributed by atoms with van der Waals surface area (Å²) < 4.78 is 7.59. The Morgan fingerprint density at radius 3 is 2.85 bits per heavy atom. The molecule has 1 atom stereocenters. The number of nitrogens with zero attached hydrogens (tertiary/aromatic N) is 2. The van der Waals surface area contributed by atoms with Crippen LogP contribution in [0.3, 0.4) is 0 Å². The third-order valence-corrected chi connectivity index (χ3v) is 5.26. The third-order valence-electron chi connectivity index (χ3n) is 4.35. The molecule has 2 aromatic carbocycles. The molecule has 132 valence electrons. The molecule has 0 aliphatic rings. The number of aryl methyl sites for hydroxylation is 2. The first-order valence-corrected chi connectivity index (χ1v) is 9.04. The van der Waals surface area contributed by atoms with Crippen LogP contribution in [-0.4, -0.2) is 15.5 Å². The van der Waals surface area contributed by atoms with Crippen LogP contribution < -0.4 is 11.1 Å². The Bertz CT molecular complexity index is 1200. The number of nitrogens with one attached hydrogen (secondary N) is 1. The number of fused-ring (bicyclic) bond motifs is 2. The largest absolute Gasteiger partial charge is 0.420 e. The number of carbonyl (C=O) groups is 1. The molecule has 0 bridgehead atoms. The lowest BCUT2D eigenvalue weighted by Crippen LogP contribution is -2.29. The molecule has 0 saturated heterocycles. The molecule has 6 nitrogen and oxygen atoms in total. The van der Waals surface area contributed by atoms with Gasteiger partial charge in [0.05, 0.1) is 15.7 Å². The number of hydrogen-bond acceptors (Lipinski definition) is 5. The van der Waals surface area contributed by atoms with Gasteiger partial charge in [0.2, 0.25) is 5.91 Å². The maximum Gasteiger partial charge on any atom is 0.420 e. The Kier molecular flexibility index (Phi) is 3.88. The van der Waals surface area contributed by atoms with Gasteiger partial charge in [-0.3, -0.25) is 9.36 Å². The van der Waals surface area contributed by atoms with Gasteiger partial charge >= 0.3 is 5.76 Å². The van der Waals surface area contributed by atoms with E-state index in [0.717, 1.165) is 21.3 Å². The average Bonchev–Trinajstić information content (AvgIpc) is 3.13. The fourth-order valence-electron chi connectivity index (χ4n) is 3.10. The lowest BCUT2D eigenvalue weighted by molar-refractivity contribution is -0.118. The Labute approximate surface area is 153 Å². The second-order valence-corrected chi connectivity index (χ2v) is 7.35. The second-order valence-electron chi connectivity index (χ2n) is 6.32. The highest BCUT2D eigenvalue weighted by molar-refractivity contribution is 7.22. The molecule has 4 rings (SSSR count). The van der Waals surface area contributed by atoms with Crippen molar-refractivity contribution >= 4 is 43.7 Å². The topological polar surface area (TPSA) is 77.1 Å². The Morgan fingerprint density at radius 1 is 1.27 bits per heavy atom. The van der Waals surface area contributed by atoms with E-state index in [1.54, 1.807) is 31.2 Å². The molecule has 2 aromatic heterocycles. The van der Waals surface area contributed by atoms with E-state index in [2.05, 4.69) is 16.4 Å². The number of hydrogen-bond donors (Lipinski definition) is 1. The number of amides is 1. The number of benzene rings is 2. The molecule has 0 radical (unpaired) electrons. The van der Waals surface area contributed by atoms with E-state index in [9.17, 15) is 9.59 Å². The molecule has 1 unspecified atom stereocenters. The van der Waals surface area contributed by atoms with Crippen molar-refractivity contribution in [2.24, 2.45) is 0 Å². The van der Waals surface area contributed by atoms with E-state index < -0.39 is 11.8 Å². The zero-order chi connectivity index (χ0) is 18.4. The van der Waals surface area contributed by atoms with Gasteiger partial charge in [-0.05, 0) is 50.1 Å². The highest BCUT2D eigenvalue weighted by Gasteiger charge is 2.22. The summed E-state index contributed by atoms with van der Waals surface area (Å²) in [5.41, 5.74) is 4.16. The van der Waals surface area contributed by atoms with Crippen molar-refractivity contribution in [1.82, 2.24) is 9.55 Å². The summed E-state index contributed by atoms with van der Waals surface area (Å²) in [5, 5.41) is 3.34. The van der Waals surface area contributed by atoms with Gasteiger partial charge in [-0.2, -0.15) is 0 Å². The second kappa shape index (κ2) is 6.10. The fraction of sp³-hybridized carbons (Fsp3) is 0.211. The van der Waals surface area contributed by atoms with Crippen LogP contribution in [0.4, 0.5) is 5.13 Å². The van der Waals surface area contributed by atoms with Crippen LogP contribution in [0.2, 0.25) is 0 Å². The molecule has 1 N–H and O–H groups in total. The first kappa shape index (κ1) is 16.5. The normalized spacial score (nSPS) is 12.6. The van der Waals surface area contributed by atoms with Crippen LogP contribution in [-0.2, 0) is 4.79 Å². The van der Waals surface area contributed by atoms with Crippen LogP contribution in [0.1, 0.15) is 24.1 Å². The maximum absolute atomic E-state index is 12.7. The summed E-state index contributed by atoms with van der Waals surface area (Å²) in [5.74, 6) is -0.864. The van der Waals surface area contributed by atoms with Gasteiger partial charge in [-0.15, -0.1) is 0 Å². The zero-order valence-electron chi connectivity index (χ0n) is 14.6. The van der Waals surface area contributed by atoms with Crippen LogP contribution in [0.15, 0.2) is 45.6 Å².